The molecule has 0 saturated carbocycles. The lowest BCUT2D eigenvalue weighted by Crippen LogP contribution is -2.14. The van der Waals surface area contributed by atoms with Gasteiger partial charge in [-0.3, -0.25) is 10.1 Å². The van der Waals surface area contributed by atoms with Crippen molar-refractivity contribution in [1.82, 2.24) is 0 Å². The van der Waals surface area contributed by atoms with E-state index in [1.807, 2.05) is 0 Å². The highest BCUT2D eigenvalue weighted by Crippen LogP contribution is 2.28. The predicted molar refractivity (Wildman–Crippen MR) is 52.1 cm³/mol. The van der Waals surface area contributed by atoms with Gasteiger partial charge in [0.15, 0.2) is 4.90 Å². The zero-order chi connectivity index (χ0) is 11.8. The van der Waals surface area contributed by atoms with E-state index >= 15 is 0 Å². The number of nitro benzene ring substituents is 1. The number of hydrogen-bond acceptors (Lipinski definition) is 4. The average molecular weight is 299 g/mol. The third-order valence-electron chi connectivity index (χ3n) is 1.51. The van der Waals surface area contributed by atoms with Gasteiger partial charge in [-0.15, -0.1) is 0 Å². The van der Waals surface area contributed by atoms with Crippen molar-refractivity contribution in [2.24, 2.45) is 5.14 Å². The van der Waals surface area contributed by atoms with Gasteiger partial charge in [0, 0.05) is 0 Å². The molecular formula is C6H4BrFN2O4S. The summed E-state index contributed by atoms with van der Waals surface area (Å²) >= 11 is 2.70. The van der Waals surface area contributed by atoms with Crippen LogP contribution in [0.5, 0.6) is 0 Å². The van der Waals surface area contributed by atoms with E-state index in [9.17, 15) is 22.9 Å². The molecule has 0 aromatic heterocycles. The standard InChI is InChI=1S/C6H4BrFN2O4S/c7-3-1-6(15(9,13)14)5(10(11)12)2-4(3)8/h1-2H,(H2,9,13,14). The zero-order valence-electron chi connectivity index (χ0n) is 6.98. The molecule has 0 aliphatic heterocycles. The monoisotopic (exact) mass is 298 g/mol. The summed E-state index contributed by atoms with van der Waals surface area (Å²) in [6, 6.07) is 1.24. The van der Waals surface area contributed by atoms with E-state index in [4.69, 9.17) is 5.14 Å². The SMILES string of the molecule is NS(=O)(=O)c1cc(Br)c(F)cc1[N+](=O)[O-]. The molecule has 0 aliphatic rings. The number of sulfonamides is 1. The number of primary sulfonamides is 1. The fraction of sp³-hybridized carbons (Fsp3) is 0. The minimum Gasteiger partial charge on any atom is -0.258 e. The molecule has 0 fully saturated rings. The summed E-state index contributed by atoms with van der Waals surface area (Å²) in [5.74, 6) is -0.936. The minimum atomic E-state index is -4.26. The summed E-state index contributed by atoms with van der Waals surface area (Å²) < 4.78 is 34.6. The molecule has 1 aromatic carbocycles. The number of hydrogen-bond donors (Lipinski definition) is 1. The maximum atomic E-state index is 12.9. The van der Waals surface area contributed by atoms with E-state index in [0.717, 1.165) is 6.07 Å². The van der Waals surface area contributed by atoms with Crippen molar-refractivity contribution >= 4 is 31.6 Å². The smallest absolute Gasteiger partial charge is 0.258 e. The van der Waals surface area contributed by atoms with Gasteiger partial charge in [-0.25, -0.2) is 17.9 Å². The zero-order valence-corrected chi connectivity index (χ0v) is 9.38. The van der Waals surface area contributed by atoms with Gasteiger partial charge in [0.05, 0.1) is 15.5 Å². The van der Waals surface area contributed by atoms with E-state index in [1.54, 1.807) is 0 Å². The maximum Gasteiger partial charge on any atom is 0.292 e. The van der Waals surface area contributed by atoms with E-state index < -0.39 is 31.3 Å². The summed E-state index contributed by atoms with van der Waals surface area (Å²) in [6.45, 7) is 0. The summed E-state index contributed by atoms with van der Waals surface area (Å²) in [7, 11) is -4.26. The largest absolute Gasteiger partial charge is 0.292 e. The number of nitro groups is 1. The fourth-order valence-corrected chi connectivity index (χ4v) is 2.09. The van der Waals surface area contributed by atoms with Gasteiger partial charge in [0.1, 0.15) is 5.82 Å². The first-order chi connectivity index (χ1) is 6.73. The van der Waals surface area contributed by atoms with Crippen molar-refractivity contribution in [2.75, 3.05) is 0 Å². The van der Waals surface area contributed by atoms with Crippen LogP contribution in [0, 0.1) is 15.9 Å². The van der Waals surface area contributed by atoms with Gasteiger partial charge in [0.25, 0.3) is 5.69 Å². The molecule has 2 N–H and O–H groups in total. The number of halogens is 2. The summed E-state index contributed by atoms with van der Waals surface area (Å²) in [5, 5.41) is 15.2. The lowest BCUT2D eigenvalue weighted by Gasteiger charge is -2.01. The lowest BCUT2D eigenvalue weighted by molar-refractivity contribution is -0.388. The predicted octanol–water partition coefficient (Wildman–Crippen LogP) is 1.14. The van der Waals surface area contributed by atoms with Gasteiger partial charge in [-0.1, -0.05) is 0 Å². The average Bonchev–Trinajstić information content (AvgIpc) is 2.06. The number of nitrogens with two attached hydrogens (primary N) is 1. The van der Waals surface area contributed by atoms with Gasteiger partial charge in [-0.2, -0.15) is 0 Å². The first-order valence-corrected chi connectivity index (χ1v) is 5.73. The van der Waals surface area contributed by atoms with Gasteiger partial charge < -0.3 is 0 Å². The van der Waals surface area contributed by atoms with Crippen molar-refractivity contribution in [3.8, 4) is 0 Å². The Morgan fingerprint density at radius 3 is 2.40 bits per heavy atom. The van der Waals surface area contributed by atoms with Crippen molar-refractivity contribution in [3.05, 3.63) is 32.5 Å². The molecule has 1 rings (SSSR count). The second-order valence-electron chi connectivity index (χ2n) is 2.54. The molecule has 6 nitrogen and oxygen atoms in total. The summed E-state index contributed by atoms with van der Waals surface area (Å²) in [5.41, 5.74) is -0.891. The molecule has 0 radical (unpaired) electrons. The molecule has 0 aliphatic carbocycles. The van der Waals surface area contributed by atoms with Crippen molar-refractivity contribution in [3.63, 3.8) is 0 Å². The van der Waals surface area contributed by atoms with Crippen LogP contribution in [0.25, 0.3) is 0 Å². The topological polar surface area (TPSA) is 103 Å². The Balaban J connectivity index is 3.64. The highest BCUT2D eigenvalue weighted by atomic mass is 79.9. The summed E-state index contributed by atoms with van der Waals surface area (Å²) in [4.78, 5) is 8.68. The van der Waals surface area contributed by atoms with Gasteiger partial charge >= 0.3 is 0 Å². The Labute approximate surface area is 92.2 Å². The first kappa shape index (κ1) is 12.0. The van der Waals surface area contributed by atoms with E-state index in [-0.39, 0.29) is 4.47 Å². The molecule has 0 atom stereocenters. The molecule has 0 unspecified atom stereocenters. The number of nitrogens with zero attached hydrogens (tertiary/aromatic N) is 1. The second-order valence-corrected chi connectivity index (χ2v) is 4.92. The number of benzene rings is 1. The van der Waals surface area contributed by atoms with E-state index in [2.05, 4.69) is 15.9 Å². The quantitative estimate of drug-likeness (QED) is 0.653. The third kappa shape index (κ3) is 2.49. The molecule has 0 bridgehead atoms. The van der Waals surface area contributed by atoms with Crippen LogP contribution in [0.15, 0.2) is 21.5 Å². The minimum absolute atomic E-state index is 0.211. The molecule has 0 saturated heterocycles. The Morgan fingerprint density at radius 2 is 2.00 bits per heavy atom. The van der Waals surface area contributed by atoms with Crippen LogP contribution in [0.4, 0.5) is 10.1 Å². The van der Waals surface area contributed by atoms with Crippen molar-refractivity contribution in [2.45, 2.75) is 4.90 Å². The molecule has 1 aromatic rings. The second kappa shape index (κ2) is 3.83. The van der Waals surface area contributed by atoms with Crippen LogP contribution < -0.4 is 5.14 Å². The van der Waals surface area contributed by atoms with E-state index in [0.29, 0.717) is 6.07 Å². The van der Waals surface area contributed by atoms with Gasteiger partial charge in [-0.05, 0) is 22.0 Å². The molecule has 9 heteroatoms. The summed E-state index contributed by atoms with van der Waals surface area (Å²) in [6.07, 6.45) is 0. The highest BCUT2D eigenvalue weighted by Gasteiger charge is 2.25. The Hall–Kier alpha value is -1.06. The highest BCUT2D eigenvalue weighted by molar-refractivity contribution is 9.10. The Morgan fingerprint density at radius 1 is 1.47 bits per heavy atom. The Kier molecular flexibility index (Phi) is 3.07. The molecule has 15 heavy (non-hydrogen) atoms. The van der Waals surface area contributed by atoms with Crippen LogP contribution in [0.2, 0.25) is 0 Å². The molecule has 0 spiro atoms. The molecule has 0 amide bonds. The Bertz CT molecular complexity index is 530. The fourth-order valence-electron chi connectivity index (χ4n) is 0.889. The van der Waals surface area contributed by atoms with E-state index in [1.165, 1.54) is 0 Å². The molecular weight excluding hydrogens is 295 g/mol. The first-order valence-electron chi connectivity index (χ1n) is 3.39. The van der Waals surface area contributed by atoms with Crippen LogP contribution in [0.1, 0.15) is 0 Å². The van der Waals surface area contributed by atoms with Crippen LogP contribution in [-0.4, -0.2) is 13.3 Å². The molecule has 0 heterocycles. The lowest BCUT2D eigenvalue weighted by atomic mass is 10.3. The third-order valence-corrected chi connectivity index (χ3v) is 3.05. The van der Waals surface area contributed by atoms with Gasteiger partial charge in [0.2, 0.25) is 10.0 Å². The maximum absolute atomic E-state index is 12.9. The van der Waals surface area contributed by atoms with Crippen LogP contribution in [0.3, 0.4) is 0 Å². The van der Waals surface area contributed by atoms with Crippen LogP contribution >= 0.6 is 15.9 Å². The normalized spacial score (nSPS) is 11.4. The van der Waals surface area contributed by atoms with Crippen LogP contribution in [-0.2, 0) is 10.0 Å². The van der Waals surface area contributed by atoms with Crippen molar-refractivity contribution in [1.29, 1.82) is 0 Å². The van der Waals surface area contributed by atoms with Crippen molar-refractivity contribution < 1.29 is 17.7 Å². The number of rotatable bonds is 2. The molecule has 82 valence electrons.